The van der Waals surface area contributed by atoms with E-state index in [1.165, 1.54) is 24.3 Å². The van der Waals surface area contributed by atoms with Crippen molar-refractivity contribution >= 4 is 58.7 Å². The lowest BCUT2D eigenvalue weighted by molar-refractivity contribution is -0.142. The molecule has 10 nitrogen and oxygen atoms in total. The van der Waals surface area contributed by atoms with Crippen LogP contribution in [0.1, 0.15) is 45.5 Å². The zero-order valence-electron chi connectivity index (χ0n) is 18.2. The van der Waals surface area contributed by atoms with Crippen molar-refractivity contribution in [3.8, 4) is 0 Å². The van der Waals surface area contributed by atoms with E-state index >= 15 is 0 Å². The number of carboxylic acids is 2. The van der Waals surface area contributed by atoms with Crippen LogP contribution in [0, 0.1) is 5.92 Å². The van der Waals surface area contributed by atoms with Gasteiger partial charge in [0.2, 0.25) is 17.8 Å². The molecular weight excluding hydrogens is 501 g/mol. The van der Waals surface area contributed by atoms with Gasteiger partial charge in [-0.05, 0) is 36.2 Å². The lowest BCUT2D eigenvalue weighted by atomic mass is 9.94. The van der Waals surface area contributed by atoms with Gasteiger partial charge in [0.05, 0.1) is 17.9 Å². The second-order valence-corrected chi connectivity index (χ2v) is 8.21. The molecule has 0 aliphatic rings. The Hall–Kier alpha value is -3.76. The first-order chi connectivity index (χ1) is 16.5. The van der Waals surface area contributed by atoms with Crippen LogP contribution in [0.5, 0.6) is 0 Å². The first-order valence-electron chi connectivity index (χ1n) is 10.2. The number of hydrogen-bond donors (Lipinski definition) is 4. The molecule has 2 aromatic carbocycles. The molecule has 12 heteroatoms. The minimum absolute atomic E-state index is 0.0144. The van der Waals surface area contributed by atoms with Crippen molar-refractivity contribution in [2.45, 2.75) is 25.7 Å². The molecule has 2 rings (SSSR count). The fraction of sp³-hybridized carbons (Fsp3) is 0.217. The van der Waals surface area contributed by atoms with E-state index in [4.69, 9.17) is 34.0 Å². The van der Waals surface area contributed by atoms with Crippen molar-refractivity contribution in [1.82, 2.24) is 5.32 Å². The number of nitrogens with one attached hydrogen (secondary N) is 1. The number of nitrogens with zero attached hydrogens (tertiary/aromatic N) is 1. The van der Waals surface area contributed by atoms with E-state index in [1.807, 2.05) is 0 Å². The number of amides is 2. The average Bonchev–Trinajstić information content (AvgIpc) is 2.78. The van der Waals surface area contributed by atoms with Crippen LogP contribution in [-0.2, 0) is 20.8 Å². The zero-order chi connectivity index (χ0) is 26.1. The van der Waals surface area contributed by atoms with Gasteiger partial charge in [0.15, 0.2) is 5.78 Å². The number of aliphatic carboxylic acids is 1. The first kappa shape index (κ1) is 27.5. The summed E-state index contributed by atoms with van der Waals surface area (Å²) in [5.41, 5.74) is 6.09. The van der Waals surface area contributed by atoms with Crippen molar-refractivity contribution in [2.24, 2.45) is 16.6 Å². The summed E-state index contributed by atoms with van der Waals surface area (Å²) in [6.45, 7) is 0. The van der Waals surface area contributed by atoms with Gasteiger partial charge in [-0.1, -0.05) is 41.4 Å². The molecule has 1 atom stereocenters. The van der Waals surface area contributed by atoms with Gasteiger partial charge in [0, 0.05) is 28.5 Å². The number of guanidine groups is 1. The molecule has 0 radical (unpaired) electrons. The van der Waals surface area contributed by atoms with Crippen LogP contribution in [0.15, 0.2) is 47.5 Å². The van der Waals surface area contributed by atoms with Crippen LogP contribution < -0.4 is 11.1 Å². The molecule has 0 unspecified atom stereocenters. The SMILES string of the molecule is NC(=NC(=O)CC[C@H](CC(=O)c1ccc(C(=O)O)cc1)C(=O)O)NC(=O)Cc1c(Cl)cccc1Cl. The highest BCUT2D eigenvalue weighted by Gasteiger charge is 2.23. The number of carbonyl (C=O) groups is 5. The molecule has 0 bridgehead atoms. The van der Waals surface area contributed by atoms with E-state index in [0.717, 1.165) is 0 Å². The quantitative estimate of drug-likeness (QED) is 0.209. The Morgan fingerprint density at radius 2 is 1.51 bits per heavy atom. The highest BCUT2D eigenvalue weighted by Crippen LogP contribution is 2.24. The van der Waals surface area contributed by atoms with Crippen LogP contribution >= 0.6 is 23.2 Å². The molecule has 35 heavy (non-hydrogen) atoms. The predicted molar refractivity (Wildman–Crippen MR) is 128 cm³/mol. The minimum atomic E-state index is -1.28. The molecule has 2 aromatic rings. The van der Waals surface area contributed by atoms with Crippen LogP contribution in [-0.4, -0.2) is 45.7 Å². The predicted octanol–water partition coefficient (Wildman–Crippen LogP) is 2.95. The van der Waals surface area contributed by atoms with Crippen LogP contribution in [0.3, 0.4) is 0 Å². The van der Waals surface area contributed by atoms with Gasteiger partial charge in [0.25, 0.3) is 0 Å². The second-order valence-electron chi connectivity index (χ2n) is 7.40. The van der Waals surface area contributed by atoms with Gasteiger partial charge >= 0.3 is 11.9 Å². The van der Waals surface area contributed by atoms with E-state index in [1.54, 1.807) is 18.2 Å². The summed E-state index contributed by atoms with van der Waals surface area (Å²) >= 11 is 12.0. The topological polar surface area (TPSA) is 176 Å². The normalized spacial score (nSPS) is 12.0. The van der Waals surface area contributed by atoms with Crippen molar-refractivity contribution < 1.29 is 34.2 Å². The number of ketones is 1. The molecule has 2 amide bonds. The summed E-state index contributed by atoms with van der Waals surface area (Å²) in [5, 5.41) is 21.1. The number of benzene rings is 2. The maximum Gasteiger partial charge on any atom is 0.335 e. The summed E-state index contributed by atoms with van der Waals surface area (Å²) in [4.78, 5) is 62.5. The Labute approximate surface area is 209 Å². The van der Waals surface area contributed by atoms with E-state index in [-0.39, 0.29) is 40.4 Å². The van der Waals surface area contributed by atoms with Crippen LogP contribution in [0.25, 0.3) is 0 Å². The Morgan fingerprint density at radius 1 is 0.943 bits per heavy atom. The molecule has 0 fully saturated rings. The van der Waals surface area contributed by atoms with Crippen LogP contribution in [0.2, 0.25) is 10.0 Å². The van der Waals surface area contributed by atoms with Gasteiger partial charge in [-0.25, -0.2) is 4.79 Å². The monoisotopic (exact) mass is 521 g/mol. The third-order valence-corrected chi connectivity index (χ3v) is 5.56. The molecular formula is C23H21Cl2N3O7. The van der Waals surface area contributed by atoms with Gasteiger partial charge < -0.3 is 15.9 Å². The van der Waals surface area contributed by atoms with E-state index < -0.39 is 47.8 Å². The number of rotatable bonds is 10. The van der Waals surface area contributed by atoms with Crippen molar-refractivity contribution in [2.75, 3.05) is 0 Å². The molecule has 0 saturated heterocycles. The Kier molecular flexibility index (Phi) is 9.92. The summed E-state index contributed by atoms with van der Waals surface area (Å²) < 4.78 is 0. The van der Waals surface area contributed by atoms with Crippen LogP contribution in [0.4, 0.5) is 0 Å². The first-order valence-corrected chi connectivity index (χ1v) is 10.9. The Bertz CT molecular complexity index is 1160. The lowest BCUT2D eigenvalue weighted by Crippen LogP contribution is -2.38. The number of nitrogens with two attached hydrogens (primary N) is 1. The molecule has 0 spiro atoms. The van der Waals surface area contributed by atoms with Gasteiger partial charge in [-0.15, -0.1) is 0 Å². The summed E-state index contributed by atoms with van der Waals surface area (Å²) in [7, 11) is 0. The third kappa shape index (κ3) is 8.51. The standard InChI is InChI=1S/C23H21Cl2N3O7/c24-16-2-1-3-17(25)15(16)11-20(31)28-23(26)27-19(30)9-8-14(22(34)35)10-18(29)12-4-6-13(7-5-12)21(32)33/h1-7,14H,8-11H2,(H,32,33)(H,34,35)(H3,26,27,28,30,31)/t14-/m1/s1. The fourth-order valence-electron chi connectivity index (χ4n) is 3.02. The number of carbonyl (C=O) groups excluding carboxylic acids is 3. The molecule has 184 valence electrons. The van der Waals surface area contributed by atoms with Gasteiger partial charge in [-0.2, -0.15) is 4.99 Å². The second kappa shape index (κ2) is 12.6. The maximum atomic E-state index is 12.4. The molecule has 0 heterocycles. The summed E-state index contributed by atoms with van der Waals surface area (Å²) in [6.07, 6.45) is -1.15. The largest absolute Gasteiger partial charge is 0.481 e. The van der Waals surface area contributed by atoms with E-state index in [0.29, 0.717) is 5.56 Å². The molecule has 0 saturated carbocycles. The number of aromatic carboxylic acids is 1. The fourth-order valence-corrected chi connectivity index (χ4v) is 3.55. The van der Waals surface area contributed by atoms with E-state index in [2.05, 4.69) is 10.3 Å². The Balaban J connectivity index is 1.91. The van der Waals surface area contributed by atoms with E-state index in [9.17, 15) is 29.1 Å². The minimum Gasteiger partial charge on any atom is -0.481 e. The smallest absolute Gasteiger partial charge is 0.335 e. The molecule has 5 N–H and O–H groups in total. The molecule has 0 aliphatic carbocycles. The average molecular weight is 522 g/mol. The van der Waals surface area contributed by atoms with Gasteiger partial charge in [0.1, 0.15) is 0 Å². The number of hydrogen-bond acceptors (Lipinski definition) is 5. The summed E-state index contributed by atoms with van der Waals surface area (Å²) in [5.74, 6) is -6.02. The van der Waals surface area contributed by atoms with Crippen molar-refractivity contribution in [1.29, 1.82) is 0 Å². The highest BCUT2D eigenvalue weighted by molar-refractivity contribution is 6.36. The zero-order valence-corrected chi connectivity index (χ0v) is 19.7. The number of carboxylic acid groups (broad SMARTS) is 2. The summed E-state index contributed by atoms with van der Waals surface area (Å²) in [6, 6.07) is 9.80. The van der Waals surface area contributed by atoms with Gasteiger partial charge in [-0.3, -0.25) is 24.5 Å². The highest BCUT2D eigenvalue weighted by atomic mass is 35.5. The molecule has 0 aromatic heterocycles. The number of aliphatic imine (C=N–C) groups is 1. The maximum absolute atomic E-state index is 12.4. The number of Topliss-reactive ketones (excluding diaryl/α,β-unsaturated/α-hetero) is 1. The van der Waals surface area contributed by atoms with Crippen molar-refractivity contribution in [3.63, 3.8) is 0 Å². The Morgan fingerprint density at radius 3 is 2.06 bits per heavy atom. The van der Waals surface area contributed by atoms with Crippen molar-refractivity contribution in [3.05, 3.63) is 69.2 Å². The third-order valence-electron chi connectivity index (χ3n) is 4.85. The lowest BCUT2D eigenvalue weighted by Gasteiger charge is -2.11. The number of halogens is 2. The molecule has 0 aliphatic heterocycles.